The lowest BCUT2D eigenvalue weighted by Crippen LogP contribution is -2.32. The summed E-state index contributed by atoms with van der Waals surface area (Å²) in [6.45, 7) is 0.737. The van der Waals surface area contributed by atoms with E-state index in [4.69, 9.17) is 14.6 Å². The number of aliphatic carboxylic acids is 1. The monoisotopic (exact) mass is 426 g/mol. The van der Waals surface area contributed by atoms with Crippen molar-refractivity contribution in [1.82, 2.24) is 10.6 Å². The van der Waals surface area contributed by atoms with Gasteiger partial charge in [-0.05, 0) is 28.7 Å². The first-order valence-corrected chi connectivity index (χ1v) is 10.2. The Kier molecular flexibility index (Phi) is 8.00. The van der Waals surface area contributed by atoms with Gasteiger partial charge in [0, 0.05) is 25.4 Å². The first-order chi connectivity index (χ1) is 15.1. The molecule has 3 rings (SSSR count). The molecule has 164 valence electrons. The molecule has 2 amide bonds. The number of fused-ring (bicyclic) bond motifs is 3. The van der Waals surface area contributed by atoms with Crippen molar-refractivity contribution in [3.05, 3.63) is 59.7 Å². The number of carbonyl (C=O) groups excluding carboxylic acids is 2. The molecule has 0 saturated carbocycles. The van der Waals surface area contributed by atoms with E-state index in [0.717, 1.165) is 11.1 Å². The topological polar surface area (TPSA) is 114 Å². The second-order valence-corrected chi connectivity index (χ2v) is 7.15. The molecule has 0 atom stereocenters. The Morgan fingerprint density at radius 3 is 2.19 bits per heavy atom. The number of hydrogen-bond acceptors (Lipinski definition) is 5. The van der Waals surface area contributed by atoms with Gasteiger partial charge < -0.3 is 25.2 Å². The highest BCUT2D eigenvalue weighted by atomic mass is 16.5. The minimum Gasteiger partial charge on any atom is -0.481 e. The number of carboxylic acids is 1. The predicted molar refractivity (Wildman–Crippen MR) is 114 cm³/mol. The molecule has 0 bridgehead atoms. The standard InChI is InChI=1S/C23H26N2O6/c26-21(24-11-5-10-22(27)28)15-30-13-12-25-23(29)31-14-20-18-8-3-1-6-16(18)17-7-2-4-9-19(17)20/h1-4,6-9,20H,5,10-15H2,(H,24,26)(H,25,29)(H,27,28). The normalized spacial score (nSPS) is 12.0. The quantitative estimate of drug-likeness (QED) is 0.476. The zero-order chi connectivity index (χ0) is 22.1. The smallest absolute Gasteiger partial charge is 0.407 e. The Balaban J connectivity index is 1.33. The summed E-state index contributed by atoms with van der Waals surface area (Å²) in [5, 5.41) is 13.7. The zero-order valence-corrected chi connectivity index (χ0v) is 17.1. The van der Waals surface area contributed by atoms with Crippen LogP contribution in [-0.2, 0) is 19.1 Å². The van der Waals surface area contributed by atoms with Gasteiger partial charge in [-0.15, -0.1) is 0 Å². The van der Waals surface area contributed by atoms with Crippen LogP contribution in [0, 0.1) is 0 Å². The SMILES string of the molecule is O=C(O)CCCNC(=O)COCCNC(=O)OCC1c2ccccc2-c2ccccc21. The van der Waals surface area contributed by atoms with Crippen LogP contribution in [0.4, 0.5) is 4.79 Å². The Labute approximate surface area is 180 Å². The Bertz CT molecular complexity index is 884. The highest BCUT2D eigenvalue weighted by Crippen LogP contribution is 2.44. The number of alkyl carbamates (subject to hydrolysis) is 1. The average molecular weight is 426 g/mol. The van der Waals surface area contributed by atoms with Crippen LogP contribution in [0.1, 0.15) is 29.9 Å². The molecule has 31 heavy (non-hydrogen) atoms. The van der Waals surface area contributed by atoms with Gasteiger partial charge in [-0.25, -0.2) is 4.79 Å². The molecule has 0 radical (unpaired) electrons. The van der Waals surface area contributed by atoms with Gasteiger partial charge in [0.25, 0.3) is 0 Å². The summed E-state index contributed by atoms with van der Waals surface area (Å²) < 4.78 is 10.6. The van der Waals surface area contributed by atoms with E-state index in [0.29, 0.717) is 6.42 Å². The maximum absolute atomic E-state index is 12.0. The van der Waals surface area contributed by atoms with Crippen LogP contribution in [0.3, 0.4) is 0 Å². The predicted octanol–water partition coefficient (Wildman–Crippen LogP) is 2.52. The van der Waals surface area contributed by atoms with Crippen LogP contribution in [0.25, 0.3) is 11.1 Å². The second kappa shape index (κ2) is 11.1. The number of benzene rings is 2. The van der Waals surface area contributed by atoms with E-state index in [1.54, 1.807) is 0 Å². The maximum atomic E-state index is 12.0. The molecule has 0 aromatic heterocycles. The highest BCUT2D eigenvalue weighted by molar-refractivity contribution is 5.79. The summed E-state index contributed by atoms with van der Waals surface area (Å²) in [5.41, 5.74) is 4.63. The molecule has 0 fully saturated rings. The Morgan fingerprint density at radius 1 is 0.903 bits per heavy atom. The van der Waals surface area contributed by atoms with Crippen LogP contribution >= 0.6 is 0 Å². The van der Waals surface area contributed by atoms with Crippen LogP contribution in [0.5, 0.6) is 0 Å². The highest BCUT2D eigenvalue weighted by Gasteiger charge is 2.28. The Morgan fingerprint density at radius 2 is 1.55 bits per heavy atom. The number of rotatable bonds is 11. The molecule has 0 saturated heterocycles. The van der Waals surface area contributed by atoms with Crippen LogP contribution in [0.2, 0.25) is 0 Å². The van der Waals surface area contributed by atoms with Gasteiger partial charge in [-0.2, -0.15) is 0 Å². The summed E-state index contributed by atoms with van der Waals surface area (Å²) in [7, 11) is 0. The van der Waals surface area contributed by atoms with Gasteiger partial charge in [-0.1, -0.05) is 48.5 Å². The summed E-state index contributed by atoms with van der Waals surface area (Å²) in [4.78, 5) is 34.0. The van der Waals surface area contributed by atoms with E-state index in [1.165, 1.54) is 11.1 Å². The van der Waals surface area contributed by atoms with Crippen molar-refractivity contribution in [2.45, 2.75) is 18.8 Å². The van der Waals surface area contributed by atoms with Crippen molar-refractivity contribution < 1.29 is 29.0 Å². The van der Waals surface area contributed by atoms with Crippen LogP contribution < -0.4 is 10.6 Å². The van der Waals surface area contributed by atoms with Crippen molar-refractivity contribution in [2.75, 3.05) is 32.9 Å². The van der Waals surface area contributed by atoms with Crippen molar-refractivity contribution >= 4 is 18.0 Å². The molecule has 0 spiro atoms. The van der Waals surface area contributed by atoms with Gasteiger partial charge in [0.05, 0.1) is 6.61 Å². The van der Waals surface area contributed by atoms with Crippen molar-refractivity contribution in [1.29, 1.82) is 0 Å². The lowest BCUT2D eigenvalue weighted by molar-refractivity contribution is -0.137. The fourth-order valence-corrected chi connectivity index (χ4v) is 3.56. The fourth-order valence-electron chi connectivity index (χ4n) is 3.56. The molecule has 0 unspecified atom stereocenters. The number of carbonyl (C=O) groups is 3. The minimum absolute atomic E-state index is 0.000720. The molecule has 0 heterocycles. The molecule has 2 aromatic rings. The summed E-state index contributed by atoms with van der Waals surface area (Å²) in [6, 6.07) is 16.2. The zero-order valence-electron chi connectivity index (χ0n) is 17.1. The summed E-state index contributed by atoms with van der Waals surface area (Å²) >= 11 is 0. The third-order valence-electron chi connectivity index (χ3n) is 4.98. The van der Waals surface area contributed by atoms with Crippen molar-refractivity contribution in [2.24, 2.45) is 0 Å². The summed E-state index contributed by atoms with van der Waals surface area (Å²) in [6.07, 6.45) is -0.168. The first kappa shape index (κ1) is 22.3. The molecule has 1 aliphatic rings. The third-order valence-corrected chi connectivity index (χ3v) is 4.98. The fraction of sp³-hybridized carbons (Fsp3) is 0.348. The molecular weight excluding hydrogens is 400 g/mol. The van der Waals surface area contributed by atoms with Crippen molar-refractivity contribution in [3.63, 3.8) is 0 Å². The molecular formula is C23H26N2O6. The van der Waals surface area contributed by atoms with Crippen LogP contribution in [0.15, 0.2) is 48.5 Å². The lowest BCUT2D eigenvalue weighted by Gasteiger charge is -2.14. The maximum Gasteiger partial charge on any atom is 0.407 e. The molecule has 8 nitrogen and oxygen atoms in total. The number of ether oxygens (including phenoxy) is 2. The first-order valence-electron chi connectivity index (χ1n) is 10.2. The molecule has 1 aliphatic carbocycles. The van der Waals surface area contributed by atoms with Crippen molar-refractivity contribution in [3.8, 4) is 11.1 Å². The van der Waals surface area contributed by atoms with E-state index >= 15 is 0 Å². The van der Waals surface area contributed by atoms with Gasteiger partial charge in [0.15, 0.2) is 0 Å². The van der Waals surface area contributed by atoms with E-state index in [9.17, 15) is 14.4 Å². The number of hydrogen-bond donors (Lipinski definition) is 3. The average Bonchev–Trinajstić information content (AvgIpc) is 3.09. The summed E-state index contributed by atoms with van der Waals surface area (Å²) in [5.74, 6) is -1.23. The number of nitrogens with one attached hydrogen (secondary N) is 2. The van der Waals surface area contributed by atoms with E-state index in [2.05, 4.69) is 34.9 Å². The molecule has 3 N–H and O–H groups in total. The van der Waals surface area contributed by atoms with E-state index in [1.807, 2.05) is 24.3 Å². The lowest BCUT2D eigenvalue weighted by atomic mass is 9.98. The van der Waals surface area contributed by atoms with Gasteiger partial charge in [0.1, 0.15) is 13.2 Å². The van der Waals surface area contributed by atoms with Gasteiger partial charge >= 0.3 is 12.1 Å². The Hall–Kier alpha value is -3.39. The number of amides is 2. The number of carboxylic acid groups (broad SMARTS) is 1. The molecule has 0 aliphatic heterocycles. The third kappa shape index (κ3) is 6.29. The van der Waals surface area contributed by atoms with E-state index < -0.39 is 12.1 Å². The van der Waals surface area contributed by atoms with Gasteiger partial charge in [0.2, 0.25) is 5.91 Å². The second-order valence-electron chi connectivity index (χ2n) is 7.15. The largest absolute Gasteiger partial charge is 0.481 e. The van der Waals surface area contributed by atoms with E-state index in [-0.39, 0.29) is 51.2 Å². The minimum atomic E-state index is -0.898. The molecule has 2 aromatic carbocycles. The van der Waals surface area contributed by atoms with Crippen LogP contribution in [-0.4, -0.2) is 56.0 Å². The van der Waals surface area contributed by atoms with Gasteiger partial charge in [-0.3, -0.25) is 9.59 Å². The molecule has 8 heteroatoms.